The number of para-hydroxylation sites is 1. The van der Waals surface area contributed by atoms with Gasteiger partial charge in [0.05, 0.1) is 18.5 Å². The van der Waals surface area contributed by atoms with Crippen LogP contribution >= 0.6 is 0 Å². The molecular formula is C15H13FN2O2. The lowest BCUT2D eigenvalue weighted by atomic mass is 10.1. The van der Waals surface area contributed by atoms with Gasteiger partial charge >= 0.3 is 0 Å². The van der Waals surface area contributed by atoms with Crippen molar-refractivity contribution in [2.45, 2.75) is 6.61 Å². The van der Waals surface area contributed by atoms with Crippen LogP contribution in [0.4, 0.5) is 10.1 Å². The fourth-order valence-corrected chi connectivity index (χ4v) is 1.99. The molecule has 0 aliphatic carbocycles. The average molecular weight is 272 g/mol. The minimum absolute atomic E-state index is 0.172. The Labute approximate surface area is 115 Å². The Morgan fingerprint density at radius 3 is 2.90 bits per heavy atom. The van der Waals surface area contributed by atoms with Crippen LogP contribution in [0.2, 0.25) is 0 Å². The second-order valence-corrected chi connectivity index (χ2v) is 4.33. The van der Waals surface area contributed by atoms with Gasteiger partial charge in [0.15, 0.2) is 6.79 Å². The molecule has 20 heavy (non-hydrogen) atoms. The van der Waals surface area contributed by atoms with Crippen molar-refractivity contribution in [3.05, 3.63) is 59.4 Å². The highest BCUT2D eigenvalue weighted by Gasteiger charge is 2.15. The zero-order valence-electron chi connectivity index (χ0n) is 10.7. The van der Waals surface area contributed by atoms with Gasteiger partial charge in [0, 0.05) is 11.1 Å². The Hall–Kier alpha value is -2.40. The van der Waals surface area contributed by atoms with Gasteiger partial charge < -0.3 is 9.47 Å². The molecule has 0 saturated heterocycles. The van der Waals surface area contributed by atoms with Crippen molar-refractivity contribution >= 4 is 11.9 Å². The SMILES string of the molecule is Fc1cc(C=NNc2ccccc2)c2c(c1)COCO2. The third kappa shape index (κ3) is 2.78. The molecule has 2 aromatic carbocycles. The van der Waals surface area contributed by atoms with Crippen LogP contribution in [-0.4, -0.2) is 13.0 Å². The third-order valence-corrected chi connectivity index (χ3v) is 2.87. The van der Waals surface area contributed by atoms with Crippen LogP contribution in [0.3, 0.4) is 0 Å². The van der Waals surface area contributed by atoms with Crippen LogP contribution in [-0.2, 0) is 11.3 Å². The Kier molecular flexibility index (Phi) is 3.60. The average Bonchev–Trinajstić information content (AvgIpc) is 2.48. The van der Waals surface area contributed by atoms with Crippen LogP contribution in [0.25, 0.3) is 0 Å². The molecule has 1 aliphatic rings. The van der Waals surface area contributed by atoms with E-state index in [4.69, 9.17) is 9.47 Å². The molecule has 0 bridgehead atoms. The van der Waals surface area contributed by atoms with E-state index in [-0.39, 0.29) is 12.6 Å². The van der Waals surface area contributed by atoms with E-state index in [2.05, 4.69) is 10.5 Å². The third-order valence-electron chi connectivity index (χ3n) is 2.87. The van der Waals surface area contributed by atoms with Gasteiger partial charge in [-0.05, 0) is 24.3 Å². The number of fused-ring (bicyclic) bond motifs is 1. The molecule has 5 heteroatoms. The highest BCUT2D eigenvalue weighted by molar-refractivity contribution is 5.85. The maximum Gasteiger partial charge on any atom is 0.189 e. The van der Waals surface area contributed by atoms with E-state index in [1.165, 1.54) is 12.1 Å². The van der Waals surface area contributed by atoms with Crippen molar-refractivity contribution < 1.29 is 13.9 Å². The number of hydrazone groups is 1. The lowest BCUT2D eigenvalue weighted by Crippen LogP contribution is -2.13. The molecule has 0 spiro atoms. The quantitative estimate of drug-likeness (QED) is 0.689. The number of nitrogens with zero attached hydrogens (tertiary/aromatic N) is 1. The highest BCUT2D eigenvalue weighted by Crippen LogP contribution is 2.28. The first-order chi connectivity index (χ1) is 9.83. The molecule has 0 radical (unpaired) electrons. The second kappa shape index (κ2) is 5.71. The molecule has 0 atom stereocenters. The summed E-state index contributed by atoms with van der Waals surface area (Å²) in [5.41, 5.74) is 5.02. The number of benzene rings is 2. The monoisotopic (exact) mass is 272 g/mol. The fraction of sp³-hybridized carbons (Fsp3) is 0.133. The smallest absolute Gasteiger partial charge is 0.189 e. The van der Waals surface area contributed by atoms with E-state index in [1.807, 2.05) is 30.3 Å². The summed E-state index contributed by atoms with van der Waals surface area (Å²) < 4.78 is 24.0. The predicted octanol–water partition coefficient (Wildman–Crippen LogP) is 3.14. The lowest BCUT2D eigenvalue weighted by Gasteiger charge is -2.19. The molecule has 0 aromatic heterocycles. The number of halogens is 1. The number of anilines is 1. The van der Waals surface area contributed by atoms with Crippen LogP contribution in [0.1, 0.15) is 11.1 Å². The Balaban J connectivity index is 1.82. The molecule has 1 heterocycles. The summed E-state index contributed by atoms with van der Waals surface area (Å²) >= 11 is 0. The molecule has 0 amide bonds. The van der Waals surface area contributed by atoms with Gasteiger partial charge in [0.1, 0.15) is 11.6 Å². The maximum atomic E-state index is 13.5. The lowest BCUT2D eigenvalue weighted by molar-refractivity contribution is -0.0166. The van der Waals surface area contributed by atoms with Gasteiger partial charge in [-0.25, -0.2) is 4.39 Å². The molecule has 0 saturated carbocycles. The van der Waals surface area contributed by atoms with Gasteiger partial charge in [-0.2, -0.15) is 5.10 Å². The van der Waals surface area contributed by atoms with E-state index < -0.39 is 0 Å². The van der Waals surface area contributed by atoms with E-state index in [9.17, 15) is 4.39 Å². The predicted molar refractivity (Wildman–Crippen MR) is 74.3 cm³/mol. The highest BCUT2D eigenvalue weighted by atomic mass is 19.1. The topological polar surface area (TPSA) is 42.9 Å². The normalized spacial score (nSPS) is 13.8. The van der Waals surface area contributed by atoms with Crippen molar-refractivity contribution in [1.82, 2.24) is 0 Å². The molecule has 102 valence electrons. The standard InChI is InChI=1S/C15H13FN2O2/c16-13-6-11(15-12(7-13)9-19-10-20-15)8-17-18-14-4-2-1-3-5-14/h1-8,18H,9-10H2. The Morgan fingerprint density at radius 1 is 1.20 bits per heavy atom. The van der Waals surface area contributed by atoms with Crippen molar-refractivity contribution in [2.24, 2.45) is 5.10 Å². The molecule has 0 unspecified atom stereocenters. The number of hydrogen-bond donors (Lipinski definition) is 1. The van der Waals surface area contributed by atoms with Gasteiger partial charge in [-0.1, -0.05) is 18.2 Å². The Bertz CT molecular complexity index is 629. The second-order valence-electron chi connectivity index (χ2n) is 4.33. The molecule has 0 fully saturated rings. The zero-order valence-corrected chi connectivity index (χ0v) is 10.7. The van der Waals surface area contributed by atoms with E-state index in [0.29, 0.717) is 23.5 Å². The van der Waals surface area contributed by atoms with Crippen molar-refractivity contribution in [2.75, 3.05) is 12.2 Å². The molecule has 1 aliphatic heterocycles. The first-order valence-electron chi connectivity index (χ1n) is 6.20. The van der Waals surface area contributed by atoms with Crippen molar-refractivity contribution in [1.29, 1.82) is 0 Å². The molecule has 3 rings (SSSR count). The number of nitrogens with one attached hydrogen (secondary N) is 1. The van der Waals surface area contributed by atoms with E-state index >= 15 is 0 Å². The fourth-order valence-electron chi connectivity index (χ4n) is 1.99. The first kappa shape index (κ1) is 12.6. The van der Waals surface area contributed by atoms with E-state index in [0.717, 1.165) is 5.69 Å². The molecule has 4 nitrogen and oxygen atoms in total. The van der Waals surface area contributed by atoms with Gasteiger partial charge in [-0.15, -0.1) is 0 Å². The molecule has 2 aromatic rings. The zero-order chi connectivity index (χ0) is 13.8. The minimum Gasteiger partial charge on any atom is -0.466 e. The van der Waals surface area contributed by atoms with Crippen LogP contribution < -0.4 is 10.2 Å². The summed E-state index contributed by atoms with van der Waals surface area (Å²) in [6, 6.07) is 12.3. The summed E-state index contributed by atoms with van der Waals surface area (Å²) in [6.07, 6.45) is 1.54. The van der Waals surface area contributed by atoms with Crippen LogP contribution in [0.15, 0.2) is 47.6 Å². The largest absolute Gasteiger partial charge is 0.466 e. The number of rotatable bonds is 3. The summed E-state index contributed by atoms with van der Waals surface area (Å²) in [7, 11) is 0. The number of ether oxygens (including phenoxy) is 2. The summed E-state index contributed by atoms with van der Waals surface area (Å²) in [5, 5.41) is 4.10. The minimum atomic E-state index is -0.334. The summed E-state index contributed by atoms with van der Waals surface area (Å²) in [6.45, 7) is 0.519. The van der Waals surface area contributed by atoms with Gasteiger partial charge in [0.25, 0.3) is 0 Å². The Morgan fingerprint density at radius 2 is 2.05 bits per heavy atom. The summed E-state index contributed by atoms with van der Waals surface area (Å²) in [4.78, 5) is 0. The van der Waals surface area contributed by atoms with Crippen molar-refractivity contribution in [3.8, 4) is 5.75 Å². The van der Waals surface area contributed by atoms with Gasteiger partial charge in [-0.3, -0.25) is 5.43 Å². The van der Waals surface area contributed by atoms with Crippen LogP contribution in [0, 0.1) is 5.82 Å². The van der Waals surface area contributed by atoms with Crippen molar-refractivity contribution in [3.63, 3.8) is 0 Å². The number of hydrogen-bond acceptors (Lipinski definition) is 4. The van der Waals surface area contributed by atoms with Crippen LogP contribution in [0.5, 0.6) is 5.75 Å². The van der Waals surface area contributed by atoms with E-state index in [1.54, 1.807) is 6.21 Å². The molecular weight excluding hydrogens is 259 g/mol. The molecule has 1 N–H and O–H groups in total. The first-order valence-corrected chi connectivity index (χ1v) is 6.20. The van der Waals surface area contributed by atoms with Gasteiger partial charge in [0.2, 0.25) is 0 Å². The summed E-state index contributed by atoms with van der Waals surface area (Å²) in [5.74, 6) is 0.287. The maximum absolute atomic E-state index is 13.5.